The maximum absolute atomic E-state index is 12.9. The summed E-state index contributed by atoms with van der Waals surface area (Å²) in [5.74, 6) is 1.49. The van der Waals surface area contributed by atoms with Gasteiger partial charge in [0.2, 0.25) is 5.91 Å². The molecule has 0 spiro atoms. The average molecular weight is 383 g/mol. The van der Waals surface area contributed by atoms with Crippen LogP contribution in [0.5, 0.6) is 0 Å². The van der Waals surface area contributed by atoms with Crippen LogP contribution in [0.2, 0.25) is 0 Å². The van der Waals surface area contributed by atoms with E-state index < -0.39 is 0 Å². The van der Waals surface area contributed by atoms with Crippen LogP contribution in [-0.2, 0) is 24.3 Å². The van der Waals surface area contributed by atoms with Gasteiger partial charge in [0.05, 0.1) is 23.9 Å². The van der Waals surface area contributed by atoms with E-state index in [0.29, 0.717) is 19.0 Å². The van der Waals surface area contributed by atoms with Crippen LogP contribution in [-0.4, -0.2) is 62.1 Å². The topological polar surface area (TPSA) is 67.2 Å². The molecule has 28 heavy (non-hydrogen) atoms. The molecule has 2 aromatic heterocycles. The first-order chi connectivity index (χ1) is 13.5. The van der Waals surface area contributed by atoms with Crippen LogP contribution in [0.15, 0.2) is 18.5 Å². The lowest BCUT2D eigenvalue weighted by atomic mass is 9.97. The molecule has 0 unspecified atom stereocenters. The van der Waals surface area contributed by atoms with Gasteiger partial charge < -0.3 is 9.80 Å². The minimum atomic E-state index is -0.0983. The quantitative estimate of drug-likeness (QED) is 0.809. The fraction of sp³-hybridized carbons (Fsp3) is 0.619. The van der Waals surface area contributed by atoms with Gasteiger partial charge >= 0.3 is 0 Å². The summed E-state index contributed by atoms with van der Waals surface area (Å²) in [6.07, 6.45) is 7.07. The Hall–Kier alpha value is -2.28. The van der Waals surface area contributed by atoms with E-state index in [-0.39, 0.29) is 11.8 Å². The Balaban J connectivity index is 1.41. The normalized spacial score (nSPS) is 21.4. The molecule has 0 aliphatic carbocycles. The monoisotopic (exact) mass is 382 g/mol. The molecule has 0 saturated carbocycles. The Bertz CT molecular complexity index is 847. The summed E-state index contributed by atoms with van der Waals surface area (Å²) in [6, 6.07) is 1.97. The fourth-order valence-corrected chi connectivity index (χ4v) is 4.33. The van der Waals surface area contributed by atoms with Crippen molar-refractivity contribution in [1.29, 1.82) is 0 Å². The van der Waals surface area contributed by atoms with Crippen molar-refractivity contribution in [2.24, 2.45) is 5.92 Å². The third kappa shape index (κ3) is 4.09. The summed E-state index contributed by atoms with van der Waals surface area (Å²) >= 11 is 0. The molecule has 0 aromatic carbocycles. The Morgan fingerprint density at radius 2 is 2.21 bits per heavy atom. The van der Waals surface area contributed by atoms with Gasteiger partial charge in [0.15, 0.2) is 0 Å². The van der Waals surface area contributed by atoms with E-state index in [2.05, 4.69) is 22.0 Å². The summed E-state index contributed by atoms with van der Waals surface area (Å²) in [7, 11) is 2.17. The minimum Gasteiger partial charge on any atom is -0.338 e. The fourth-order valence-electron chi connectivity index (χ4n) is 4.33. The van der Waals surface area contributed by atoms with Crippen LogP contribution in [0, 0.1) is 12.8 Å². The minimum absolute atomic E-state index is 0.0983. The number of amides is 1. The highest BCUT2D eigenvalue weighted by Crippen LogP contribution is 2.26. The maximum atomic E-state index is 12.9. The van der Waals surface area contributed by atoms with Gasteiger partial charge in [-0.1, -0.05) is 6.92 Å². The molecule has 0 radical (unpaired) electrons. The molecule has 7 heteroatoms. The Labute approximate surface area is 166 Å². The van der Waals surface area contributed by atoms with Crippen molar-refractivity contribution in [3.05, 3.63) is 41.2 Å². The third-order valence-electron chi connectivity index (χ3n) is 5.91. The van der Waals surface area contributed by atoms with Gasteiger partial charge in [-0.25, -0.2) is 9.97 Å². The van der Waals surface area contributed by atoms with Gasteiger partial charge in [0.1, 0.15) is 5.82 Å². The molecule has 2 aromatic rings. The molecule has 2 atom stereocenters. The van der Waals surface area contributed by atoms with Gasteiger partial charge in [-0.2, -0.15) is 5.10 Å². The molecule has 1 fully saturated rings. The standard InChI is InChI=1S/C21H30N6O/c1-15(12-27-10-6-16(2)24-27)21(28)26-9-7-19-18(14-26)11-22-20(23-19)17-5-4-8-25(3)13-17/h6,10-11,15,17H,4-5,7-9,12-14H2,1-3H3/t15-,17-/m1/s1. The van der Waals surface area contributed by atoms with Crippen molar-refractivity contribution in [1.82, 2.24) is 29.5 Å². The smallest absolute Gasteiger partial charge is 0.227 e. The van der Waals surface area contributed by atoms with E-state index >= 15 is 0 Å². The number of piperidine rings is 1. The predicted molar refractivity (Wildman–Crippen MR) is 107 cm³/mol. The summed E-state index contributed by atoms with van der Waals surface area (Å²) < 4.78 is 1.85. The highest BCUT2D eigenvalue weighted by atomic mass is 16.2. The number of rotatable bonds is 4. The lowest BCUT2D eigenvalue weighted by Gasteiger charge is -2.32. The Morgan fingerprint density at radius 1 is 1.36 bits per heavy atom. The van der Waals surface area contributed by atoms with Crippen molar-refractivity contribution in [2.75, 3.05) is 26.7 Å². The number of fused-ring (bicyclic) bond motifs is 1. The van der Waals surface area contributed by atoms with Gasteiger partial charge in [-0.3, -0.25) is 9.48 Å². The molecule has 2 aliphatic rings. The Kier molecular flexibility index (Phi) is 5.44. The second kappa shape index (κ2) is 7.99. The van der Waals surface area contributed by atoms with Crippen molar-refractivity contribution >= 4 is 5.91 Å². The number of aryl methyl sites for hydroxylation is 1. The molecule has 4 rings (SSSR count). The van der Waals surface area contributed by atoms with Crippen LogP contribution in [0.4, 0.5) is 0 Å². The molecule has 2 aliphatic heterocycles. The van der Waals surface area contributed by atoms with Gasteiger partial charge in [-0.15, -0.1) is 0 Å². The SMILES string of the molecule is Cc1ccn(C[C@@H](C)C(=O)N2CCc3nc([C@@H]4CCCN(C)C4)ncc3C2)n1. The zero-order valence-electron chi connectivity index (χ0n) is 17.1. The number of aromatic nitrogens is 4. The summed E-state index contributed by atoms with van der Waals surface area (Å²) in [4.78, 5) is 26.8. The van der Waals surface area contributed by atoms with E-state index in [1.165, 1.54) is 6.42 Å². The predicted octanol–water partition coefficient (Wildman–Crippen LogP) is 2.01. The van der Waals surface area contributed by atoms with Crippen molar-refractivity contribution < 1.29 is 4.79 Å². The van der Waals surface area contributed by atoms with Gasteiger partial charge in [0.25, 0.3) is 0 Å². The molecule has 1 saturated heterocycles. The van der Waals surface area contributed by atoms with Gasteiger partial charge in [-0.05, 0) is 39.4 Å². The van der Waals surface area contributed by atoms with E-state index in [4.69, 9.17) is 4.98 Å². The molecule has 0 bridgehead atoms. The molecule has 4 heterocycles. The largest absolute Gasteiger partial charge is 0.338 e. The van der Waals surface area contributed by atoms with Crippen LogP contribution in [0.25, 0.3) is 0 Å². The van der Waals surface area contributed by atoms with Crippen molar-refractivity contribution in [3.63, 3.8) is 0 Å². The molecule has 150 valence electrons. The number of likely N-dealkylation sites (tertiary alicyclic amines) is 1. The second-order valence-corrected chi connectivity index (χ2v) is 8.39. The van der Waals surface area contributed by atoms with Crippen LogP contribution < -0.4 is 0 Å². The summed E-state index contributed by atoms with van der Waals surface area (Å²) in [5, 5.41) is 4.40. The first kappa shape index (κ1) is 19.1. The van der Waals surface area contributed by atoms with Crippen LogP contribution >= 0.6 is 0 Å². The zero-order valence-corrected chi connectivity index (χ0v) is 17.1. The number of likely N-dealkylation sites (N-methyl/N-ethyl adjacent to an activating group) is 1. The maximum Gasteiger partial charge on any atom is 0.227 e. The van der Waals surface area contributed by atoms with E-state index in [1.807, 2.05) is 41.9 Å². The van der Waals surface area contributed by atoms with E-state index in [9.17, 15) is 4.79 Å². The van der Waals surface area contributed by atoms with E-state index in [0.717, 1.165) is 55.3 Å². The number of carbonyl (C=O) groups excluding carboxylic acids is 1. The molecular formula is C21H30N6O. The highest BCUT2D eigenvalue weighted by molar-refractivity contribution is 5.78. The molecule has 7 nitrogen and oxygen atoms in total. The van der Waals surface area contributed by atoms with Crippen molar-refractivity contribution in [3.8, 4) is 0 Å². The number of carbonyl (C=O) groups is 1. The zero-order chi connectivity index (χ0) is 19.7. The number of hydrogen-bond donors (Lipinski definition) is 0. The number of hydrogen-bond acceptors (Lipinski definition) is 5. The highest BCUT2D eigenvalue weighted by Gasteiger charge is 2.28. The average Bonchev–Trinajstić information content (AvgIpc) is 3.11. The Morgan fingerprint density at radius 3 is 2.96 bits per heavy atom. The molecule has 0 N–H and O–H groups in total. The third-order valence-corrected chi connectivity index (χ3v) is 5.91. The lowest BCUT2D eigenvalue weighted by molar-refractivity contribution is -0.136. The molecule has 1 amide bonds. The van der Waals surface area contributed by atoms with E-state index in [1.54, 1.807) is 0 Å². The van der Waals surface area contributed by atoms with Crippen LogP contribution in [0.1, 0.15) is 48.5 Å². The first-order valence-corrected chi connectivity index (χ1v) is 10.3. The van der Waals surface area contributed by atoms with Crippen LogP contribution in [0.3, 0.4) is 0 Å². The summed E-state index contributed by atoms with van der Waals surface area (Å²) in [6.45, 7) is 8.10. The first-order valence-electron chi connectivity index (χ1n) is 10.3. The van der Waals surface area contributed by atoms with Crippen molar-refractivity contribution in [2.45, 2.75) is 52.1 Å². The van der Waals surface area contributed by atoms with Gasteiger partial charge in [0, 0.05) is 49.9 Å². The second-order valence-electron chi connectivity index (χ2n) is 8.39. The summed E-state index contributed by atoms with van der Waals surface area (Å²) in [5.41, 5.74) is 3.19. The molecular weight excluding hydrogens is 352 g/mol. The lowest BCUT2D eigenvalue weighted by Crippen LogP contribution is -2.40. The number of nitrogens with zero attached hydrogens (tertiary/aromatic N) is 6.